The lowest BCUT2D eigenvalue weighted by atomic mass is 9.78. The number of hydrogen-bond donors (Lipinski definition) is 2. The van der Waals surface area contributed by atoms with Crippen molar-refractivity contribution in [3.05, 3.63) is 15.6 Å². The van der Waals surface area contributed by atoms with Crippen molar-refractivity contribution in [3.63, 3.8) is 0 Å². The molecule has 2 rings (SSSR count). The molecule has 0 spiro atoms. The highest BCUT2D eigenvalue weighted by Crippen LogP contribution is 2.37. The average molecular weight is 253 g/mol. The molecule has 0 bridgehead atoms. The lowest BCUT2D eigenvalue weighted by Gasteiger charge is -2.39. The Labute approximate surface area is 108 Å². The highest BCUT2D eigenvalue weighted by Gasteiger charge is 2.40. The molecule has 2 heterocycles. The van der Waals surface area contributed by atoms with Crippen molar-refractivity contribution in [2.75, 3.05) is 13.1 Å². The molecule has 1 fully saturated rings. The van der Waals surface area contributed by atoms with Crippen LogP contribution in [-0.2, 0) is 12.0 Å². The molecule has 0 radical (unpaired) electrons. The number of aryl methyl sites for hydroxylation is 2. The first-order chi connectivity index (χ1) is 8.11. The Hall–Kier alpha value is -0.450. The third kappa shape index (κ3) is 2.26. The van der Waals surface area contributed by atoms with Crippen LogP contribution in [-0.4, -0.2) is 18.1 Å². The van der Waals surface area contributed by atoms with Crippen LogP contribution in [0.25, 0.3) is 0 Å². The topological polar surface area (TPSA) is 50.9 Å². The van der Waals surface area contributed by atoms with Crippen molar-refractivity contribution in [2.24, 2.45) is 11.7 Å². The molecule has 1 aromatic rings. The Kier molecular flexibility index (Phi) is 3.85. The number of aromatic nitrogens is 1. The van der Waals surface area contributed by atoms with Gasteiger partial charge >= 0.3 is 0 Å². The SMILES string of the molecule is CCc1nc(C2(N)CCNCC2CC)sc1C. The molecule has 96 valence electrons. The van der Waals surface area contributed by atoms with Gasteiger partial charge in [0.05, 0.1) is 11.2 Å². The summed E-state index contributed by atoms with van der Waals surface area (Å²) in [5.41, 5.74) is 7.70. The van der Waals surface area contributed by atoms with Crippen molar-refractivity contribution in [3.8, 4) is 0 Å². The zero-order valence-electron chi connectivity index (χ0n) is 11.0. The Morgan fingerprint density at radius 2 is 2.29 bits per heavy atom. The average Bonchev–Trinajstić information content (AvgIpc) is 2.72. The second-order valence-corrected chi connectivity index (χ2v) is 6.18. The Morgan fingerprint density at radius 1 is 1.53 bits per heavy atom. The van der Waals surface area contributed by atoms with Crippen LogP contribution >= 0.6 is 11.3 Å². The van der Waals surface area contributed by atoms with Gasteiger partial charge in [0, 0.05) is 11.4 Å². The van der Waals surface area contributed by atoms with E-state index in [1.54, 1.807) is 11.3 Å². The number of piperidine rings is 1. The molecular formula is C13H23N3S. The smallest absolute Gasteiger partial charge is 0.113 e. The highest BCUT2D eigenvalue weighted by molar-refractivity contribution is 7.11. The highest BCUT2D eigenvalue weighted by atomic mass is 32.1. The van der Waals surface area contributed by atoms with Crippen LogP contribution in [0, 0.1) is 12.8 Å². The standard InChI is InChI=1S/C13H23N3S/c1-4-10-8-15-7-6-13(10,14)12-16-11(5-2)9(3)17-12/h10,15H,4-8,14H2,1-3H3. The Bertz CT molecular complexity index is 388. The number of hydrogen-bond acceptors (Lipinski definition) is 4. The minimum Gasteiger partial charge on any atom is -0.319 e. The second-order valence-electron chi connectivity index (χ2n) is 4.98. The second kappa shape index (κ2) is 5.04. The van der Waals surface area contributed by atoms with E-state index in [9.17, 15) is 0 Å². The maximum absolute atomic E-state index is 6.68. The molecule has 1 aliphatic heterocycles. The number of thiazole rings is 1. The van der Waals surface area contributed by atoms with E-state index in [0.717, 1.165) is 37.4 Å². The van der Waals surface area contributed by atoms with Gasteiger partial charge in [0.1, 0.15) is 5.01 Å². The minimum atomic E-state index is -0.206. The van der Waals surface area contributed by atoms with Crippen LogP contribution in [0.5, 0.6) is 0 Å². The Morgan fingerprint density at radius 3 is 2.88 bits per heavy atom. The van der Waals surface area contributed by atoms with Gasteiger partial charge in [-0.2, -0.15) is 0 Å². The third-order valence-corrected chi connectivity index (χ3v) is 5.16. The van der Waals surface area contributed by atoms with Crippen molar-refractivity contribution in [1.82, 2.24) is 10.3 Å². The van der Waals surface area contributed by atoms with E-state index >= 15 is 0 Å². The summed E-state index contributed by atoms with van der Waals surface area (Å²) in [5.74, 6) is 0.506. The molecule has 2 unspecified atom stereocenters. The largest absolute Gasteiger partial charge is 0.319 e. The van der Waals surface area contributed by atoms with Gasteiger partial charge in [-0.15, -0.1) is 11.3 Å². The van der Waals surface area contributed by atoms with Gasteiger partial charge in [-0.3, -0.25) is 0 Å². The lowest BCUT2D eigenvalue weighted by Crippen LogP contribution is -2.53. The van der Waals surface area contributed by atoms with Crippen LogP contribution in [0.3, 0.4) is 0 Å². The summed E-state index contributed by atoms with van der Waals surface area (Å²) in [4.78, 5) is 6.12. The van der Waals surface area contributed by atoms with Crippen molar-refractivity contribution >= 4 is 11.3 Å². The summed E-state index contributed by atoms with van der Waals surface area (Å²) in [5, 5.41) is 4.60. The number of nitrogens with one attached hydrogen (secondary N) is 1. The quantitative estimate of drug-likeness (QED) is 0.868. The van der Waals surface area contributed by atoms with E-state index < -0.39 is 0 Å². The summed E-state index contributed by atoms with van der Waals surface area (Å²) in [7, 11) is 0. The molecule has 0 amide bonds. The van der Waals surface area contributed by atoms with Crippen LogP contribution < -0.4 is 11.1 Å². The van der Waals surface area contributed by atoms with Crippen LogP contribution in [0.4, 0.5) is 0 Å². The van der Waals surface area contributed by atoms with E-state index in [1.807, 2.05) is 0 Å². The first-order valence-corrected chi connectivity index (χ1v) is 7.39. The Balaban J connectivity index is 2.34. The monoisotopic (exact) mass is 253 g/mol. The zero-order valence-corrected chi connectivity index (χ0v) is 11.9. The number of nitrogens with two attached hydrogens (primary N) is 1. The van der Waals surface area contributed by atoms with E-state index in [0.29, 0.717) is 5.92 Å². The van der Waals surface area contributed by atoms with Gasteiger partial charge in [-0.05, 0) is 38.6 Å². The van der Waals surface area contributed by atoms with Crippen LogP contribution in [0.15, 0.2) is 0 Å². The molecule has 1 aliphatic rings. The summed E-state index contributed by atoms with van der Waals surface area (Å²) < 4.78 is 0. The fourth-order valence-electron chi connectivity index (χ4n) is 2.70. The predicted molar refractivity (Wildman–Crippen MR) is 73.4 cm³/mol. The first-order valence-electron chi connectivity index (χ1n) is 6.58. The van der Waals surface area contributed by atoms with E-state index in [1.165, 1.54) is 10.6 Å². The van der Waals surface area contributed by atoms with Gasteiger partial charge in [0.15, 0.2) is 0 Å². The molecule has 2 atom stereocenters. The van der Waals surface area contributed by atoms with Gasteiger partial charge in [-0.1, -0.05) is 13.8 Å². The molecular weight excluding hydrogens is 230 g/mol. The summed E-state index contributed by atoms with van der Waals surface area (Å²) in [6.45, 7) is 8.57. The van der Waals surface area contributed by atoms with E-state index in [-0.39, 0.29) is 5.54 Å². The lowest BCUT2D eigenvalue weighted by molar-refractivity contribution is 0.199. The van der Waals surface area contributed by atoms with Gasteiger partial charge in [-0.25, -0.2) is 4.98 Å². The molecule has 0 saturated carbocycles. The van der Waals surface area contributed by atoms with Gasteiger partial charge < -0.3 is 11.1 Å². The maximum atomic E-state index is 6.68. The van der Waals surface area contributed by atoms with Gasteiger partial charge in [0.2, 0.25) is 0 Å². The molecule has 3 N–H and O–H groups in total. The molecule has 1 saturated heterocycles. The number of rotatable bonds is 3. The third-order valence-electron chi connectivity index (χ3n) is 3.95. The zero-order chi connectivity index (χ0) is 12.5. The molecule has 4 heteroatoms. The van der Waals surface area contributed by atoms with Crippen molar-refractivity contribution < 1.29 is 0 Å². The molecule has 17 heavy (non-hydrogen) atoms. The van der Waals surface area contributed by atoms with Crippen LogP contribution in [0.1, 0.15) is 42.3 Å². The fourth-order valence-corrected chi connectivity index (χ4v) is 3.92. The van der Waals surface area contributed by atoms with E-state index in [4.69, 9.17) is 10.7 Å². The summed E-state index contributed by atoms with van der Waals surface area (Å²) in [6.07, 6.45) is 3.12. The van der Waals surface area contributed by atoms with E-state index in [2.05, 4.69) is 26.1 Å². The molecule has 3 nitrogen and oxygen atoms in total. The minimum absolute atomic E-state index is 0.206. The van der Waals surface area contributed by atoms with Crippen molar-refractivity contribution in [2.45, 2.75) is 45.6 Å². The fraction of sp³-hybridized carbons (Fsp3) is 0.769. The normalized spacial score (nSPS) is 29.5. The predicted octanol–water partition coefficient (Wildman–Crippen LogP) is 2.19. The first kappa shape index (κ1) is 13.0. The van der Waals surface area contributed by atoms with Gasteiger partial charge in [0.25, 0.3) is 0 Å². The summed E-state index contributed by atoms with van der Waals surface area (Å²) >= 11 is 1.80. The molecule has 0 aromatic carbocycles. The molecule has 1 aromatic heterocycles. The number of nitrogens with zero attached hydrogens (tertiary/aromatic N) is 1. The molecule has 0 aliphatic carbocycles. The van der Waals surface area contributed by atoms with Crippen LogP contribution in [0.2, 0.25) is 0 Å². The van der Waals surface area contributed by atoms with Crippen molar-refractivity contribution in [1.29, 1.82) is 0 Å². The summed E-state index contributed by atoms with van der Waals surface area (Å²) in [6, 6.07) is 0. The maximum Gasteiger partial charge on any atom is 0.113 e.